The molecule has 0 N–H and O–H groups in total. The monoisotopic (exact) mass is 520 g/mol. The third kappa shape index (κ3) is 11.6. The summed E-state index contributed by atoms with van der Waals surface area (Å²) in [7, 11) is 1.31. The molecule has 1 aliphatic heterocycles. The second-order valence-corrected chi connectivity index (χ2v) is 8.61. The number of carbonyl (C=O) groups is 5. The predicted octanol–water partition coefficient (Wildman–Crippen LogP) is 0.939. The molecule has 1 aliphatic rings. The maximum Gasteiger partial charge on any atom is 0.306 e. The van der Waals surface area contributed by atoms with Crippen LogP contribution in [-0.2, 0) is 57.1 Å². The van der Waals surface area contributed by atoms with Gasteiger partial charge in [0.25, 0.3) is 0 Å². The van der Waals surface area contributed by atoms with Crippen molar-refractivity contribution in [3.63, 3.8) is 0 Å². The Hall–Kier alpha value is -2.64. The molecule has 0 unspecified atom stereocenters. The Bertz CT molecular complexity index is 782. The molecule has 0 radical (unpaired) electrons. The summed E-state index contributed by atoms with van der Waals surface area (Å²) in [5, 5.41) is 0. The number of ether oxygens (including phenoxy) is 7. The van der Waals surface area contributed by atoms with Gasteiger partial charge in [-0.2, -0.15) is 11.8 Å². The Morgan fingerprint density at radius 2 is 1.43 bits per heavy atom. The van der Waals surface area contributed by atoms with Gasteiger partial charge in [-0.1, -0.05) is 6.58 Å². The molecule has 1 saturated heterocycles. The Balaban J connectivity index is 3.03. The van der Waals surface area contributed by atoms with E-state index in [0.717, 1.165) is 20.8 Å². The first-order valence-corrected chi connectivity index (χ1v) is 11.8. The van der Waals surface area contributed by atoms with Crippen LogP contribution >= 0.6 is 11.8 Å². The van der Waals surface area contributed by atoms with Crippen LogP contribution in [0.5, 0.6) is 0 Å². The number of hydrogen-bond donors (Lipinski definition) is 0. The first-order valence-electron chi connectivity index (χ1n) is 10.7. The fourth-order valence-corrected chi connectivity index (χ4v) is 3.87. The van der Waals surface area contributed by atoms with E-state index in [2.05, 4.69) is 11.3 Å². The predicted molar refractivity (Wildman–Crippen MR) is 121 cm³/mol. The molecule has 35 heavy (non-hydrogen) atoms. The first kappa shape index (κ1) is 30.4. The quantitative estimate of drug-likeness (QED) is 0.147. The van der Waals surface area contributed by atoms with Crippen LogP contribution < -0.4 is 0 Å². The first-order chi connectivity index (χ1) is 16.4. The molecule has 198 valence electrons. The van der Waals surface area contributed by atoms with Crippen molar-refractivity contribution in [1.82, 2.24) is 0 Å². The van der Waals surface area contributed by atoms with Crippen molar-refractivity contribution in [3.05, 3.63) is 12.2 Å². The van der Waals surface area contributed by atoms with Gasteiger partial charge in [-0.05, 0) is 5.57 Å². The van der Waals surface area contributed by atoms with E-state index < -0.39 is 54.6 Å². The van der Waals surface area contributed by atoms with Gasteiger partial charge in [0.15, 0.2) is 24.6 Å². The van der Waals surface area contributed by atoms with E-state index in [1.54, 1.807) is 0 Å². The lowest BCUT2D eigenvalue weighted by molar-refractivity contribution is -0.306. The molecule has 5 atom stereocenters. The van der Waals surface area contributed by atoms with E-state index in [9.17, 15) is 24.0 Å². The summed E-state index contributed by atoms with van der Waals surface area (Å²) in [5.41, 5.74) is 0.632. The van der Waals surface area contributed by atoms with Crippen LogP contribution in [0.25, 0.3) is 0 Å². The number of rotatable bonds is 13. The Morgan fingerprint density at radius 3 is 1.97 bits per heavy atom. The SMILES string of the molecule is C=C(CO[C@@H]1O[C@H](COC(C)=O)[C@@H](OC(C)=O)[C@H](OC(C)=O)[C@H]1OC(C)=O)CSCCC(=O)OC. The summed E-state index contributed by atoms with van der Waals surface area (Å²) in [5.74, 6) is -2.13. The van der Waals surface area contributed by atoms with Crippen LogP contribution in [0.15, 0.2) is 12.2 Å². The zero-order valence-corrected chi connectivity index (χ0v) is 21.3. The minimum atomic E-state index is -1.30. The minimum Gasteiger partial charge on any atom is -0.469 e. The van der Waals surface area contributed by atoms with Crippen LogP contribution in [-0.4, -0.2) is 92.4 Å². The fourth-order valence-electron chi connectivity index (χ4n) is 3.04. The van der Waals surface area contributed by atoms with E-state index in [1.807, 2.05) is 0 Å². The summed E-state index contributed by atoms with van der Waals surface area (Å²) >= 11 is 1.44. The number of hydrogen-bond acceptors (Lipinski definition) is 13. The summed E-state index contributed by atoms with van der Waals surface area (Å²) in [6.45, 7) is 8.14. The fraction of sp³-hybridized carbons (Fsp3) is 0.682. The van der Waals surface area contributed by atoms with Gasteiger partial charge in [0.05, 0.1) is 20.1 Å². The molecule has 0 bridgehead atoms. The van der Waals surface area contributed by atoms with Gasteiger partial charge in [0, 0.05) is 39.2 Å². The molecule has 13 heteroatoms. The lowest BCUT2D eigenvalue weighted by Crippen LogP contribution is -2.63. The summed E-state index contributed by atoms with van der Waals surface area (Å²) in [6, 6.07) is 0. The van der Waals surface area contributed by atoms with Crippen LogP contribution in [0.1, 0.15) is 34.1 Å². The van der Waals surface area contributed by atoms with Crippen molar-refractivity contribution < 1.29 is 57.1 Å². The van der Waals surface area contributed by atoms with Crippen LogP contribution in [0.2, 0.25) is 0 Å². The third-order valence-corrected chi connectivity index (χ3v) is 5.49. The van der Waals surface area contributed by atoms with Crippen molar-refractivity contribution in [2.24, 2.45) is 0 Å². The normalized spacial score (nSPS) is 23.5. The highest BCUT2D eigenvalue weighted by molar-refractivity contribution is 7.99. The smallest absolute Gasteiger partial charge is 0.306 e. The van der Waals surface area contributed by atoms with Gasteiger partial charge in [-0.3, -0.25) is 24.0 Å². The molecule has 1 rings (SSSR count). The average Bonchev–Trinajstić information content (AvgIpc) is 2.76. The molecule has 0 amide bonds. The lowest BCUT2D eigenvalue weighted by Gasteiger charge is -2.44. The standard InChI is InChI=1S/C22H32O12S/c1-12(11-35-8-7-18(27)28-6)9-30-22-21(33-16(5)26)20(32-15(4)25)19(31-14(3)24)17(34-22)10-29-13(2)23/h17,19-22H,1,7-11H2,2-6H3/t17-,19-,20+,21-,22-/m1/s1. The lowest BCUT2D eigenvalue weighted by atomic mass is 9.98. The average molecular weight is 521 g/mol. The highest BCUT2D eigenvalue weighted by atomic mass is 32.2. The summed E-state index contributed by atoms with van der Waals surface area (Å²) < 4.78 is 37.2. The molecule has 1 fully saturated rings. The second-order valence-electron chi connectivity index (χ2n) is 7.51. The van der Waals surface area contributed by atoms with Gasteiger partial charge in [-0.25, -0.2) is 0 Å². The Morgan fingerprint density at radius 1 is 0.857 bits per heavy atom. The Labute approximate surface area is 207 Å². The van der Waals surface area contributed by atoms with E-state index >= 15 is 0 Å². The second kappa shape index (κ2) is 15.4. The maximum absolute atomic E-state index is 11.8. The molecule has 0 aromatic carbocycles. The molecule has 0 spiro atoms. The summed E-state index contributed by atoms with van der Waals surface area (Å²) in [6.07, 6.45) is -5.97. The highest BCUT2D eigenvalue weighted by Gasteiger charge is 2.52. The van der Waals surface area contributed by atoms with E-state index in [1.165, 1.54) is 25.8 Å². The van der Waals surface area contributed by atoms with Gasteiger partial charge in [0.1, 0.15) is 12.7 Å². The van der Waals surface area contributed by atoms with Crippen LogP contribution in [0.3, 0.4) is 0 Å². The van der Waals surface area contributed by atoms with Crippen molar-refractivity contribution in [1.29, 1.82) is 0 Å². The zero-order chi connectivity index (χ0) is 26.5. The molecule has 0 saturated carbocycles. The third-order valence-electron chi connectivity index (χ3n) is 4.38. The van der Waals surface area contributed by atoms with E-state index in [-0.39, 0.29) is 25.6 Å². The zero-order valence-electron chi connectivity index (χ0n) is 20.4. The maximum atomic E-state index is 11.8. The van der Waals surface area contributed by atoms with Gasteiger partial charge in [-0.15, -0.1) is 0 Å². The number of esters is 5. The highest BCUT2D eigenvalue weighted by Crippen LogP contribution is 2.30. The van der Waals surface area contributed by atoms with Crippen molar-refractivity contribution >= 4 is 41.6 Å². The molecular weight excluding hydrogens is 488 g/mol. The molecule has 0 aliphatic carbocycles. The van der Waals surface area contributed by atoms with Crippen LogP contribution in [0.4, 0.5) is 0 Å². The van der Waals surface area contributed by atoms with Crippen molar-refractivity contribution in [2.75, 3.05) is 31.8 Å². The van der Waals surface area contributed by atoms with Gasteiger partial charge < -0.3 is 33.2 Å². The number of methoxy groups -OCH3 is 1. The van der Waals surface area contributed by atoms with Crippen molar-refractivity contribution in [3.8, 4) is 0 Å². The molecule has 0 aromatic rings. The largest absolute Gasteiger partial charge is 0.469 e. The minimum absolute atomic E-state index is 0.0288. The van der Waals surface area contributed by atoms with Gasteiger partial charge >= 0.3 is 29.8 Å². The topological polar surface area (TPSA) is 150 Å². The van der Waals surface area contributed by atoms with Crippen LogP contribution in [0, 0.1) is 0 Å². The molecule has 12 nitrogen and oxygen atoms in total. The number of thioether (sulfide) groups is 1. The van der Waals surface area contributed by atoms with Crippen molar-refractivity contribution in [2.45, 2.75) is 64.8 Å². The Kier molecular flexibility index (Phi) is 13.3. The molecular formula is C22H32O12S. The van der Waals surface area contributed by atoms with E-state index in [0.29, 0.717) is 17.1 Å². The molecule has 1 heterocycles. The molecule has 0 aromatic heterocycles. The van der Waals surface area contributed by atoms with Gasteiger partial charge in [0.2, 0.25) is 0 Å². The summed E-state index contributed by atoms with van der Waals surface area (Å²) in [4.78, 5) is 57.9. The van der Waals surface area contributed by atoms with E-state index in [4.69, 9.17) is 28.4 Å². The number of carbonyl (C=O) groups excluding carboxylic acids is 5.